The molecule has 168 valence electrons. The Morgan fingerprint density at radius 2 is 1.03 bits per heavy atom. The smallest absolute Gasteiger partial charge is 0.202 e. The summed E-state index contributed by atoms with van der Waals surface area (Å²) >= 11 is 11.9. The molecule has 0 unspecified atom stereocenters. The van der Waals surface area contributed by atoms with Gasteiger partial charge in [-0.3, -0.25) is 0 Å². The van der Waals surface area contributed by atoms with E-state index in [-0.39, 0.29) is 9.79 Å². The molecular weight excluding hydrogens is 487 g/mol. The second-order valence-electron chi connectivity index (χ2n) is 9.02. The van der Waals surface area contributed by atoms with Gasteiger partial charge in [-0.15, -0.1) is 0 Å². The Kier molecular flexibility index (Phi) is 5.17. The molecule has 1 fully saturated rings. The average molecular weight is 509 g/mol. The molecule has 0 spiro atoms. The standard InChI is InChI=1S/C24H22Cl2O4S2/c25-17-3-7-19(8-4-17)31(27,28)21-13-23-11-1-2-12-24(23,15-21)16-22(14-23)32(29,30)20-9-5-18(26)6-10-20/h3-10,13-14H,1-2,11-12,15-16H2. The molecule has 0 bridgehead atoms. The van der Waals surface area contributed by atoms with E-state index in [0.29, 0.717) is 32.7 Å². The molecule has 0 aliphatic heterocycles. The van der Waals surface area contributed by atoms with Crippen LogP contribution in [0.1, 0.15) is 38.5 Å². The van der Waals surface area contributed by atoms with Crippen molar-refractivity contribution in [1.29, 1.82) is 0 Å². The Labute approximate surface area is 198 Å². The fourth-order valence-electron chi connectivity index (χ4n) is 5.66. The molecule has 4 nitrogen and oxygen atoms in total. The van der Waals surface area contributed by atoms with Crippen molar-refractivity contribution < 1.29 is 16.8 Å². The summed E-state index contributed by atoms with van der Waals surface area (Å²) in [5, 5.41) is 0.958. The normalized spacial score (nSPS) is 27.4. The first-order chi connectivity index (χ1) is 15.1. The quantitative estimate of drug-likeness (QED) is 0.481. The first kappa shape index (κ1) is 22.2. The SMILES string of the molecule is O=S(=O)(C1=CC23C=C(S(=O)(=O)c4ccc(Cl)cc4)CC2(CCCC3)C1)c1ccc(Cl)cc1. The Hall–Kier alpha value is -1.60. The predicted molar refractivity (Wildman–Crippen MR) is 126 cm³/mol. The van der Waals surface area contributed by atoms with Crippen LogP contribution in [0.25, 0.3) is 0 Å². The topological polar surface area (TPSA) is 68.3 Å². The van der Waals surface area contributed by atoms with Gasteiger partial charge in [0, 0.05) is 25.3 Å². The van der Waals surface area contributed by atoms with Gasteiger partial charge in [0.15, 0.2) is 0 Å². The highest BCUT2D eigenvalue weighted by molar-refractivity contribution is 7.95. The van der Waals surface area contributed by atoms with E-state index < -0.39 is 30.5 Å². The molecule has 8 heteroatoms. The number of halogens is 2. The highest BCUT2D eigenvalue weighted by atomic mass is 35.5. The zero-order valence-corrected chi connectivity index (χ0v) is 20.4. The molecule has 0 saturated heterocycles. The first-order valence-electron chi connectivity index (χ1n) is 10.5. The van der Waals surface area contributed by atoms with Crippen LogP contribution in [0.5, 0.6) is 0 Å². The summed E-state index contributed by atoms with van der Waals surface area (Å²) in [6, 6.07) is 12.4. The van der Waals surface area contributed by atoms with Gasteiger partial charge in [-0.2, -0.15) is 0 Å². The molecule has 0 radical (unpaired) electrons. The zero-order valence-electron chi connectivity index (χ0n) is 17.2. The molecule has 3 aliphatic rings. The molecule has 3 aliphatic carbocycles. The number of allylic oxidation sites excluding steroid dienone is 4. The van der Waals surface area contributed by atoms with Crippen LogP contribution >= 0.6 is 23.2 Å². The molecule has 32 heavy (non-hydrogen) atoms. The van der Waals surface area contributed by atoms with Crippen LogP contribution in [0.3, 0.4) is 0 Å². The van der Waals surface area contributed by atoms with Crippen molar-refractivity contribution in [2.45, 2.75) is 48.3 Å². The first-order valence-corrected chi connectivity index (χ1v) is 14.3. The van der Waals surface area contributed by atoms with E-state index in [1.165, 1.54) is 24.3 Å². The lowest BCUT2D eigenvalue weighted by Gasteiger charge is -2.44. The summed E-state index contributed by atoms with van der Waals surface area (Å²) in [4.78, 5) is 1.22. The van der Waals surface area contributed by atoms with Crippen molar-refractivity contribution in [3.8, 4) is 0 Å². The molecule has 0 amide bonds. The Morgan fingerprint density at radius 3 is 1.44 bits per heavy atom. The molecule has 2 aromatic carbocycles. The van der Waals surface area contributed by atoms with Crippen molar-refractivity contribution in [2.75, 3.05) is 0 Å². The fraction of sp³-hybridized carbons (Fsp3) is 0.333. The maximum absolute atomic E-state index is 13.4. The zero-order chi connectivity index (χ0) is 22.8. The van der Waals surface area contributed by atoms with Crippen LogP contribution in [-0.2, 0) is 19.7 Å². The van der Waals surface area contributed by atoms with Gasteiger partial charge in [-0.25, -0.2) is 16.8 Å². The predicted octanol–water partition coefficient (Wildman–Crippen LogP) is 6.36. The van der Waals surface area contributed by atoms with Crippen LogP contribution in [0.15, 0.2) is 80.3 Å². The second kappa shape index (κ2) is 7.45. The highest BCUT2D eigenvalue weighted by Crippen LogP contribution is 2.68. The number of rotatable bonds is 4. The molecule has 1 saturated carbocycles. The lowest BCUT2D eigenvalue weighted by Crippen LogP contribution is -2.36. The van der Waals surface area contributed by atoms with E-state index in [1.54, 1.807) is 24.3 Å². The largest absolute Gasteiger partial charge is 0.219 e. The lowest BCUT2D eigenvalue weighted by molar-refractivity contribution is 0.102. The molecule has 0 N–H and O–H groups in total. The molecule has 2 aromatic rings. The van der Waals surface area contributed by atoms with Gasteiger partial charge in [0.05, 0.1) is 9.79 Å². The lowest BCUT2D eigenvalue weighted by atomic mass is 9.59. The van der Waals surface area contributed by atoms with Gasteiger partial charge in [-0.1, -0.05) is 48.2 Å². The van der Waals surface area contributed by atoms with Gasteiger partial charge in [0.1, 0.15) is 0 Å². The van der Waals surface area contributed by atoms with Gasteiger partial charge in [0.2, 0.25) is 19.7 Å². The molecule has 0 heterocycles. The average Bonchev–Trinajstić information content (AvgIpc) is 3.27. The summed E-state index contributed by atoms with van der Waals surface area (Å²) in [6.07, 6.45) is 7.87. The fourth-order valence-corrected chi connectivity index (χ4v) is 9.17. The second-order valence-corrected chi connectivity index (χ2v) is 13.9. The van der Waals surface area contributed by atoms with Gasteiger partial charge < -0.3 is 0 Å². The minimum Gasteiger partial charge on any atom is -0.219 e. The third-order valence-corrected chi connectivity index (χ3v) is 11.5. The molecular formula is C24H22Cl2O4S2. The van der Waals surface area contributed by atoms with Crippen LogP contribution in [0, 0.1) is 10.8 Å². The van der Waals surface area contributed by atoms with E-state index in [1.807, 2.05) is 12.2 Å². The van der Waals surface area contributed by atoms with E-state index in [0.717, 1.165) is 25.7 Å². The summed E-state index contributed by atoms with van der Waals surface area (Å²) < 4.78 is 53.5. The number of hydrogen-bond acceptors (Lipinski definition) is 4. The summed E-state index contributed by atoms with van der Waals surface area (Å²) in [5.74, 6) is 0. The van der Waals surface area contributed by atoms with Crippen molar-refractivity contribution in [1.82, 2.24) is 0 Å². The van der Waals surface area contributed by atoms with E-state index in [4.69, 9.17) is 23.2 Å². The number of hydrogen-bond donors (Lipinski definition) is 0. The minimum absolute atomic E-state index is 0.218. The van der Waals surface area contributed by atoms with Crippen molar-refractivity contribution in [3.63, 3.8) is 0 Å². The maximum atomic E-state index is 13.4. The van der Waals surface area contributed by atoms with Crippen molar-refractivity contribution >= 4 is 42.9 Å². The Bertz CT molecular complexity index is 1260. The third-order valence-electron chi connectivity index (χ3n) is 7.28. The number of sulfone groups is 2. The maximum Gasteiger partial charge on any atom is 0.202 e. The van der Waals surface area contributed by atoms with Crippen LogP contribution in [-0.4, -0.2) is 16.8 Å². The summed E-state index contributed by atoms with van der Waals surface area (Å²) in [5.41, 5.74) is -0.955. The molecule has 5 rings (SSSR count). The summed E-state index contributed by atoms with van der Waals surface area (Å²) in [6.45, 7) is 0. The highest BCUT2D eigenvalue weighted by Gasteiger charge is 2.60. The van der Waals surface area contributed by atoms with Gasteiger partial charge in [0.25, 0.3) is 0 Å². The van der Waals surface area contributed by atoms with Crippen LogP contribution in [0.4, 0.5) is 0 Å². The Balaban J connectivity index is 1.59. The van der Waals surface area contributed by atoms with E-state index >= 15 is 0 Å². The van der Waals surface area contributed by atoms with Gasteiger partial charge in [-0.05, 0) is 79.6 Å². The van der Waals surface area contributed by atoms with Crippen molar-refractivity contribution in [3.05, 3.63) is 80.5 Å². The summed E-state index contributed by atoms with van der Waals surface area (Å²) in [7, 11) is -7.33. The third kappa shape index (κ3) is 3.30. The van der Waals surface area contributed by atoms with Gasteiger partial charge >= 0.3 is 0 Å². The van der Waals surface area contributed by atoms with Crippen molar-refractivity contribution in [2.24, 2.45) is 10.8 Å². The molecule has 0 aromatic heterocycles. The van der Waals surface area contributed by atoms with E-state index in [2.05, 4.69) is 0 Å². The van der Waals surface area contributed by atoms with Crippen LogP contribution < -0.4 is 0 Å². The number of benzene rings is 2. The molecule has 0 atom stereocenters. The van der Waals surface area contributed by atoms with E-state index in [9.17, 15) is 16.8 Å². The minimum atomic E-state index is -3.67. The monoisotopic (exact) mass is 508 g/mol. The van der Waals surface area contributed by atoms with Crippen LogP contribution in [0.2, 0.25) is 10.0 Å². The Morgan fingerprint density at radius 1 is 0.625 bits per heavy atom.